The highest BCUT2D eigenvalue weighted by Crippen LogP contribution is 2.37. The Balaban J connectivity index is 1.29. The van der Waals surface area contributed by atoms with E-state index < -0.39 is 11.6 Å². The normalized spacial score (nSPS) is 16.3. The van der Waals surface area contributed by atoms with Crippen LogP contribution in [0.3, 0.4) is 0 Å². The Hall–Kier alpha value is -3.67. The van der Waals surface area contributed by atoms with Gasteiger partial charge in [0.1, 0.15) is 28.7 Å². The Morgan fingerprint density at radius 2 is 1.66 bits per heavy atom. The molecular weight excluding hydrogens is 480 g/mol. The monoisotopic (exact) mass is 518 g/mol. The van der Waals surface area contributed by atoms with E-state index in [9.17, 15) is 9.90 Å². The number of hydrogen-bond acceptors (Lipinski definition) is 5. The van der Waals surface area contributed by atoms with E-state index in [0.717, 1.165) is 47.6 Å². The van der Waals surface area contributed by atoms with Crippen LogP contribution in [-0.2, 0) is 24.1 Å². The molecule has 1 unspecified atom stereocenters. The third kappa shape index (κ3) is 6.60. The summed E-state index contributed by atoms with van der Waals surface area (Å²) in [5.74, 6) is 2.85. The van der Waals surface area contributed by atoms with E-state index in [0.29, 0.717) is 50.4 Å². The molecule has 1 aliphatic heterocycles. The van der Waals surface area contributed by atoms with Crippen LogP contribution in [0.25, 0.3) is 0 Å². The van der Waals surface area contributed by atoms with Crippen molar-refractivity contribution in [2.75, 3.05) is 13.2 Å². The molecule has 0 saturated carbocycles. The number of benzene rings is 3. The summed E-state index contributed by atoms with van der Waals surface area (Å²) in [5, 5.41) is 9.65. The molecule has 0 saturated heterocycles. The van der Waals surface area contributed by atoms with Gasteiger partial charge in [0.05, 0.1) is 13.2 Å². The third-order valence-electron chi connectivity index (χ3n) is 7.04. The largest absolute Gasteiger partial charge is 0.493 e. The molecule has 0 aliphatic carbocycles. The molecule has 4 rings (SSSR count). The van der Waals surface area contributed by atoms with Crippen molar-refractivity contribution in [1.29, 1.82) is 0 Å². The van der Waals surface area contributed by atoms with Crippen LogP contribution in [0.1, 0.15) is 63.1 Å². The molecule has 202 valence electrons. The van der Waals surface area contributed by atoms with E-state index in [1.807, 2.05) is 43.3 Å². The molecule has 3 aromatic carbocycles. The van der Waals surface area contributed by atoms with Crippen LogP contribution in [0.2, 0.25) is 0 Å². The minimum atomic E-state index is -1.16. The lowest BCUT2D eigenvalue weighted by atomic mass is 9.89. The zero-order valence-corrected chi connectivity index (χ0v) is 22.6. The molecule has 0 bridgehead atoms. The highest BCUT2D eigenvalue weighted by molar-refractivity contribution is 5.78. The summed E-state index contributed by atoms with van der Waals surface area (Å²) in [7, 11) is 0. The van der Waals surface area contributed by atoms with Crippen LogP contribution in [0.15, 0.2) is 60.7 Å². The zero-order chi connectivity index (χ0) is 27.0. The fourth-order valence-corrected chi connectivity index (χ4v) is 4.66. The highest BCUT2D eigenvalue weighted by Gasteiger charge is 2.42. The van der Waals surface area contributed by atoms with E-state index in [2.05, 4.69) is 32.0 Å². The van der Waals surface area contributed by atoms with Crippen LogP contribution in [0, 0.1) is 0 Å². The molecular formula is C32H38O6. The average Bonchev–Trinajstić information content (AvgIpc) is 2.94. The first-order valence-electron chi connectivity index (χ1n) is 13.7. The first-order chi connectivity index (χ1) is 18.5. The second kappa shape index (κ2) is 12.7. The van der Waals surface area contributed by atoms with Crippen LogP contribution < -0.4 is 18.9 Å². The molecule has 0 fully saturated rings. The summed E-state index contributed by atoms with van der Waals surface area (Å²) in [6, 6.07) is 19.8. The van der Waals surface area contributed by atoms with Crippen molar-refractivity contribution in [1.82, 2.24) is 0 Å². The number of carbonyl (C=O) groups is 1. The van der Waals surface area contributed by atoms with Gasteiger partial charge in [-0.2, -0.15) is 0 Å². The number of carboxylic acid groups (broad SMARTS) is 1. The fraction of sp³-hybridized carbons (Fsp3) is 0.406. The van der Waals surface area contributed by atoms with Crippen molar-refractivity contribution >= 4 is 5.97 Å². The van der Waals surface area contributed by atoms with Crippen molar-refractivity contribution in [2.24, 2.45) is 0 Å². The lowest BCUT2D eigenvalue weighted by Gasteiger charge is -2.34. The van der Waals surface area contributed by atoms with Gasteiger partial charge < -0.3 is 24.1 Å². The lowest BCUT2D eigenvalue weighted by molar-refractivity contribution is -0.157. The molecule has 3 aromatic rings. The molecule has 1 aliphatic rings. The lowest BCUT2D eigenvalue weighted by Crippen LogP contribution is -2.46. The Labute approximate surface area is 225 Å². The minimum absolute atomic E-state index is 0.420. The van der Waals surface area contributed by atoms with Gasteiger partial charge in [-0.1, -0.05) is 45.4 Å². The van der Waals surface area contributed by atoms with E-state index in [-0.39, 0.29) is 0 Å². The maximum atomic E-state index is 11.8. The van der Waals surface area contributed by atoms with Crippen molar-refractivity contribution in [2.45, 2.75) is 71.3 Å². The molecule has 0 amide bonds. The Kier molecular flexibility index (Phi) is 9.16. The molecule has 0 radical (unpaired) electrons. The SMILES string of the molecule is CCCc1cc(Oc2ccc(CC)cc2)ccc1OCCCOc1ccc2c(c1)OC(CC)(C(=O)O)CC2. The summed E-state index contributed by atoms with van der Waals surface area (Å²) in [4.78, 5) is 11.8. The molecule has 38 heavy (non-hydrogen) atoms. The summed E-state index contributed by atoms with van der Waals surface area (Å²) < 4.78 is 24.0. The molecule has 1 heterocycles. The summed E-state index contributed by atoms with van der Waals surface area (Å²) in [6.07, 6.45) is 5.20. The van der Waals surface area contributed by atoms with E-state index in [4.69, 9.17) is 18.9 Å². The van der Waals surface area contributed by atoms with Crippen LogP contribution in [0.5, 0.6) is 28.7 Å². The predicted molar refractivity (Wildman–Crippen MR) is 148 cm³/mol. The number of carboxylic acids is 1. The van der Waals surface area contributed by atoms with Crippen LogP contribution >= 0.6 is 0 Å². The van der Waals surface area contributed by atoms with E-state index >= 15 is 0 Å². The highest BCUT2D eigenvalue weighted by atomic mass is 16.5. The van der Waals surface area contributed by atoms with Gasteiger partial charge in [0, 0.05) is 18.9 Å². The molecule has 1 N–H and O–H groups in total. The second-order valence-electron chi connectivity index (χ2n) is 9.69. The second-order valence-corrected chi connectivity index (χ2v) is 9.69. The fourth-order valence-electron chi connectivity index (χ4n) is 4.66. The Morgan fingerprint density at radius 1 is 0.921 bits per heavy atom. The number of aliphatic carboxylic acids is 1. The number of aryl methyl sites for hydroxylation is 3. The van der Waals surface area contributed by atoms with Crippen molar-refractivity contribution in [3.05, 3.63) is 77.4 Å². The predicted octanol–water partition coefficient (Wildman–Crippen LogP) is 7.40. The number of ether oxygens (including phenoxy) is 4. The molecule has 6 heteroatoms. The quantitative estimate of drug-likeness (QED) is 0.238. The first kappa shape index (κ1) is 27.4. The molecule has 0 aromatic heterocycles. The van der Waals surface area contributed by atoms with Gasteiger partial charge in [0.15, 0.2) is 0 Å². The number of rotatable bonds is 13. The number of fused-ring (bicyclic) bond motifs is 1. The summed E-state index contributed by atoms with van der Waals surface area (Å²) in [5.41, 5.74) is 2.27. The van der Waals surface area contributed by atoms with Crippen molar-refractivity contribution in [3.63, 3.8) is 0 Å². The topological polar surface area (TPSA) is 74.2 Å². The third-order valence-corrected chi connectivity index (χ3v) is 7.04. The van der Waals surface area contributed by atoms with Gasteiger partial charge in [-0.05, 0) is 78.8 Å². The van der Waals surface area contributed by atoms with Gasteiger partial charge in [-0.3, -0.25) is 0 Å². The van der Waals surface area contributed by atoms with Crippen LogP contribution in [-0.4, -0.2) is 29.9 Å². The number of hydrogen-bond donors (Lipinski definition) is 1. The van der Waals surface area contributed by atoms with E-state index in [1.54, 1.807) is 6.07 Å². The first-order valence-corrected chi connectivity index (χ1v) is 13.7. The summed E-state index contributed by atoms with van der Waals surface area (Å²) in [6.45, 7) is 7.14. The van der Waals surface area contributed by atoms with E-state index in [1.165, 1.54) is 5.56 Å². The van der Waals surface area contributed by atoms with Gasteiger partial charge in [0.2, 0.25) is 5.60 Å². The van der Waals surface area contributed by atoms with Gasteiger partial charge >= 0.3 is 5.97 Å². The Morgan fingerprint density at radius 3 is 2.37 bits per heavy atom. The summed E-state index contributed by atoms with van der Waals surface area (Å²) >= 11 is 0. The smallest absolute Gasteiger partial charge is 0.348 e. The van der Waals surface area contributed by atoms with Gasteiger partial charge in [-0.25, -0.2) is 4.79 Å². The molecule has 0 spiro atoms. The van der Waals surface area contributed by atoms with Gasteiger partial charge in [-0.15, -0.1) is 0 Å². The average molecular weight is 519 g/mol. The van der Waals surface area contributed by atoms with Crippen LogP contribution in [0.4, 0.5) is 0 Å². The maximum absolute atomic E-state index is 11.8. The Bertz CT molecular complexity index is 1220. The maximum Gasteiger partial charge on any atom is 0.348 e. The minimum Gasteiger partial charge on any atom is -0.493 e. The van der Waals surface area contributed by atoms with Crippen molar-refractivity contribution < 1.29 is 28.8 Å². The van der Waals surface area contributed by atoms with Gasteiger partial charge in [0.25, 0.3) is 0 Å². The standard InChI is InChI=1S/C32H38O6/c1-4-8-25-21-28(37-26-12-9-23(5-2)10-13-26)15-16-29(25)36-20-7-19-35-27-14-11-24-17-18-32(6-3,31(33)34)38-30(24)22-27/h9-16,21-22H,4-8,17-20H2,1-3H3,(H,33,34). The van der Waals surface area contributed by atoms with Crippen molar-refractivity contribution in [3.8, 4) is 28.7 Å². The zero-order valence-electron chi connectivity index (χ0n) is 22.6. The molecule has 1 atom stereocenters. The molecule has 6 nitrogen and oxygen atoms in total.